The van der Waals surface area contributed by atoms with Crippen molar-refractivity contribution in [3.63, 3.8) is 0 Å². The molecule has 9 nitrogen and oxygen atoms in total. The van der Waals surface area contributed by atoms with Crippen molar-refractivity contribution in [1.29, 1.82) is 0 Å². The van der Waals surface area contributed by atoms with Gasteiger partial charge >= 0.3 is 5.97 Å². The highest BCUT2D eigenvalue weighted by molar-refractivity contribution is 7.91. The van der Waals surface area contributed by atoms with Crippen molar-refractivity contribution in [3.8, 4) is 0 Å². The molecule has 0 aliphatic carbocycles. The zero-order valence-electron chi connectivity index (χ0n) is 18.6. The lowest BCUT2D eigenvalue weighted by Gasteiger charge is -2.28. The number of nitrogens with zero attached hydrogens (tertiary/aromatic N) is 3. The topological polar surface area (TPSA) is 116 Å². The predicted molar refractivity (Wildman–Crippen MR) is 120 cm³/mol. The summed E-state index contributed by atoms with van der Waals surface area (Å²) in [4.78, 5) is 39.9. The minimum atomic E-state index is -3.16. The van der Waals surface area contributed by atoms with Gasteiger partial charge in [0, 0.05) is 18.0 Å². The third-order valence-electron chi connectivity index (χ3n) is 5.56. The first-order valence-corrected chi connectivity index (χ1v) is 12.6. The number of amides is 1. The standard InChI is InChI=1S/C22H29N3O6S/c1-4-5-11-24(16-10-12-32(29,30)14-16)19(26)13-31-22(28)20-17-8-6-7-9-18(17)21(27)25(23-20)15(2)3/h6-9,15-16H,4-5,10-14H2,1-3H3. The molecule has 1 aliphatic heterocycles. The molecule has 1 fully saturated rings. The van der Waals surface area contributed by atoms with Crippen LogP contribution in [-0.4, -0.2) is 65.7 Å². The minimum Gasteiger partial charge on any atom is -0.451 e. The van der Waals surface area contributed by atoms with Gasteiger partial charge in [-0.1, -0.05) is 31.5 Å². The summed E-state index contributed by atoms with van der Waals surface area (Å²) in [6.45, 7) is 5.43. The monoisotopic (exact) mass is 463 g/mol. The van der Waals surface area contributed by atoms with Crippen molar-refractivity contribution in [2.24, 2.45) is 0 Å². The van der Waals surface area contributed by atoms with Gasteiger partial charge in [-0.3, -0.25) is 9.59 Å². The van der Waals surface area contributed by atoms with Crippen LogP contribution in [0.25, 0.3) is 10.8 Å². The highest BCUT2D eigenvalue weighted by Crippen LogP contribution is 2.20. The van der Waals surface area contributed by atoms with Gasteiger partial charge in [-0.05, 0) is 32.8 Å². The molecule has 3 rings (SSSR count). The van der Waals surface area contributed by atoms with Crippen LogP contribution in [0.1, 0.15) is 56.6 Å². The number of aromatic nitrogens is 2. The van der Waals surface area contributed by atoms with E-state index in [1.165, 1.54) is 9.58 Å². The van der Waals surface area contributed by atoms with Gasteiger partial charge in [0.1, 0.15) is 0 Å². The minimum absolute atomic E-state index is 0.0368. The van der Waals surface area contributed by atoms with Crippen molar-refractivity contribution in [1.82, 2.24) is 14.7 Å². The molecule has 10 heteroatoms. The number of rotatable bonds is 8. The second-order valence-electron chi connectivity index (χ2n) is 8.31. The van der Waals surface area contributed by atoms with E-state index in [0.29, 0.717) is 23.7 Å². The number of fused-ring (bicyclic) bond motifs is 1. The van der Waals surface area contributed by atoms with Gasteiger partial charge in [-0.25, -0.2) is 17.9 Å². The van der Waals surface area contributed by atoms with Crippen molar-refractivity contribution in [2.75, 3.05) is 24.7 Å². The average molecular weight is 464 g/mol. The maximum absolute atomic E-state index is 12.9. The smallest absolute Gasteiger partial charge is 0.359 e. The number of hydrogen-bond acceptors (Lipinski definition) is 7. The molecule has 0 saturated carbocycles. The van der Waals surface area contributed by atoms with Crippen molar-refractivity contribution >= 4 is 32.5 Å². The predicted octanol–water partition coefficient (Wildman–Crippen LogP) is 1.95. The molecule has 2 aromatic rings. The Labute approximate surface area is 187 Å². The van der Waals surface area contributed by atoms with E-state index in [1.807, 2.05) is 6.92 Å². The molecule has 174 valence electrons. The van der Waals surface area contributed by atoms with Gasteiger partial charge in [0.15, 0.2) is 22.1 Å². The van der Waals surface area contributed by atoms with Gasteiger partial charge in [-0.15, -0.1) is 0 Å². The molecule has 0 N–H and O–H groups in total. The summed E-state index contributed by atoms with van der Waals surface area (Å²) in [5.41, 5.74) is -0.346. The van der Waals surface area contributed by atoms with Gasteiger partial charge < -0.3 is 9.64 Å². The molecule has 1 amide bonds. The summed E-state index contributed by atoms with van der Waals surface area (Å²) in [5.74, 6) is -1.25. The molecule has 1 aromatic carbocycles. The molecule has 1 aliphatic rings. The molecule has 0 bridgehead atoms. The van der Waals surface area contributed by atoms with E-state index in [1.54, 1.807) is 38.1 Å². The van der Waals surface area contributed by atoms with Crippen LogP contribution in [0.2, 0.25) is 0 Å². The van der Waals surface area contributed by atoms with Crippen LogP contribution in [0.3, 0.4) is 0 Å². The highest BCUT2D eigenvalue weighted by Gasteiger charge is 2.34. The Morgan fingerprint density at radius 1 is 1.25 bits per heavy atom. The Morgan fingerprint density at radius 3 is 2.53 bits per heavy atom. The Bertz CT molecular complexity index is 1170. The second kappa shape index (κ2) is 9.81. The van der Waals surface area contributed by atoms with Crippen LogP contribution in [0.4, 0.5) is 0 Å². The molecule has 1 saturated heterocycles. The van der Waals surface area contributed by atoms with Crippen LogP contribution < -0.4 is 5.56 Å². The number of ether oxygens (including phenoxy) is 1. The lowest BCUT2D eigenvalue weighted by Crippen LogP contribution is -2.44. The lowest BCUT2D eigenvalue weighted by molar-refractivity contribution is -0.136. The fourth-order valence-electron chi connectivity index (χ4n) is 3.85. The van der Waals surface area contributed by atoms with Crippen LogP contribution in [0, 0.1) is 0 Å². The first-order chi connectivity index (χ1) is 15.1. The number of hydrogen-bond donors (Lipinski definition) is 0. The number of sulfone groups is 1. The zero-order chi connectivity index (χ0) is 23.5. The molecule has 1 unspecified atom stereocenters. The van der Waals surface area contributed by atoms with Crippen LogP contribution in [0.5, 0.6) is 0 Å². The third kappa shape index (κ3) is 5.17. The fourth-order valence-corrected chi connectivity index (χ4v) is 5.58. The van der Waals surface area contributed by atoms with Crippen molar-refractivity contribution in [2.45, 2.75) is 52.1 Å². The third-order valence-corrected chi connectivity index (χ3v) is 7.31. The summed E-state index contributed by atoms with van der Waals surface area (Å²) in [6.07, 6.45) is 1.95. The molecular weight excluding hydrogens is 434 g/mol. The normalized spacial score (nSPS) is 17.6. The molecule has 0 spiro atoms. The van der Waals surface area contributed by atoms with Gasteiger partial charge in [0.25, 0.3) is 11.5 Å². The summed E-state index contributed by atoms with van der Waals surface area (Å²) >= 11 is 0. The van der Waals surface area contributed by atoms with Gasteiger partial charge in [-0.2, -0.15) is 5.10 Å². The second-order valence-corrected chi connectivity index (χ2v) is 10.5. The van der Waals surface area contributed by atoms with Gasteiger partial charge in [0.05, 0.1) is 22.9 Å². The summed E-state index contributed by atoms with van der Waals surface area (Å²) in [6, 6.07) is 5.96. The lowest BCUT2D eigenvalue weighted by atomic mass is 10.1. The first kappa shape index (κ1) is 23.9. The number of benzene rings is 1. The number of carbonyl (C=O) groups is 2. The Hall–Kier alpha value is -2.75. The Kier molecular flexibility index (Phi) is 7.33. The molecule has 0 radical (unpaired) electrons. The largest absolute Gasteiger partial charge is 0.451 e. The molecule has 1 atom stereocenters. The van der Waals surface area contributed by atoms with E-state index in [2.05, 4.69) is 5.10 Å². The zero-order valence-corrected chi connectivity index (χ0v) is 19.4. The van der Waals surface area contributed by atoms with Crippen LogP contribution in [0.15, 0.2) is 29.1 Å². The summed E-state index contributed by atoms with van der Waals surface area (Å²) in [5, 5.41) is 4.89. The van der Waals surface area contributed by atoms with Crippen molar-refractivity contribution < 1.29 is 22.7 Å². The Morgan fingerprint density at radius 2 is 1.94 bits per heavy atom. The van der Waals surface area contributed by atoms with E-state index in [9.17, 15) is 22.8 Å². The van der Waals surface area contributed by atoms with E-state index >= 15 is 0 Å². The SMILES string of the molecule is CCCCN(C(=O)COC(=O)c1nn(C(C)C)c(=O)c2ccccc12)C1CCS(=O)(=O)C1. The summed E-state index contributed by atoms with van der Waals surface area (Å²) < 4.78 is 30.3. The van der Waals surface area contributed by atoms with Crippen LogP contribution >= 0.6 is 0 Å². The van der Waals surface area contributed by atoms with E-state index < -0.39 is 34.4 Å². The Balaban J connectivity index is 1.81. The number of unbranched alkanes of at least 4 members (excludes halogenated alkanes) is 1. The maximum Gasteiger partial charge on any atom is 0.359 e. The number of carbonyl (C=O) groups excluding carboxylic acids is 2. The van der Waals surface area contributed by atoms with E-state index in [-0.39, 0.29) is 28.8 Å². The quantitative estimate of drug-likeness (QED) is 0.550. The fraction of sp³-hybridized carbons (Fsp3) is 0.545. The molecule has 2 heterocycles. The maximum atomic E-state index is 12.9. The van der Waals surface area contributed by atoms with Crippen LogP contribution in [-0.2, 0) is 19.4 Å². The molecule has 32 heavy (non-hydrogen) atoms. The van der Waals surface area contributed by atoms with Crippen molar-refractivity contribution in [3.05, 3.63) is 40.3 Å². The average Bonchev–Trinajstić information content (AvgIpc) is 3.11. The molecular formula is C22H29N3O6S. The van der Waals surface area contributed by atoms with Gasteiger partial charge in [0.2, 0.25) is 0 Å². The van der Waals surface area contributed by atoms with E-state index in [4.69, 9.17) is 4.74 Å². The highest BCUT2D eigenvalue weighted by atomic mass is 32.2. The molecule has 1 aromatic heterocycles. The van der Waals surface area contributed by atoms with E-state index in [0.717, 1.165) is 12.8 Å². The summed E-state index contributed by atoms with van der Waals surface area (Å²) in [7, 11) is -3.16. The first-order valence-electron chi connectivity index (χ1n) is 10.8. The number of esters is 1.